The smallest absolute Gasteiger partial charge is 0.309 e. The van der Waals surface area contributed by atoms with Crippen molar-refractivity contribution in [1.82, 2.24) is 0 Å². The van der Waals surface area contributed by atoms with E-state index in [1.165, 1.54) is 6.08 Å². The predicted octanol–water partition coefficient (Wildman–Crippen LogP) is -0.732. The molecule has 1 unspecified atom stereocenters. The molecule has 0 rings (SSSR count). The molecule has 13 heavy (non-hydrogen) atoms. The Morgan fingerprint density at radius 1 is 1.54 bits per heavy atom. The van der Waals surface area contributed by atoms with Crippen LogP contribution in [0.4, 0.5) is 0 Å². The average molecular weight is 219 g/mol. The van der Waals surface area contributed by atoms with E-state index < -0.39 is 8.60 Å². The molecule has 0 fully saturated rings. The summed E-state index contributed by atoms with van der Waals surface area (Å²) in [6.45, 7) is 6.00. The first-order valence-corrected chi connectivity index (χ1v) is 4.59. The van der Waals surface area contributed by atoms with Crippen molar-refractivity contribution in [1.29, 1.82) is 0 Å². The number of rotatable bonds is 8. The zero-order chi connectivity index (χ0) is 9.23. The molecule has 0 amide bonds. The molecule has 0 aromatic rings. The van der Waals surface area contributed by atoms with Gasteiger partial charge in [-0.1, -0.05) is 13.0 Å². The van der Waals surface area contributed by atoms with Gasteiger partial charge in [-0.05, 0) is 6.42 Å². The van der Waals surface area contributed by atoms with Crippen molar-refractivity contribution in [3.8, 4) is 0 Å². The zero-order valence-corrected chi connectivity index (χ0v) is 10.8. The average Bonchev–Trinajstić information content (AvgIpc) is 2.11. The molecule has 0 spiro atoms. The van der Waals surface area contributed by atoms with Crippen LogP contribution in [-0.4, -0.2) is 18.5 Å². The van der Waals surface area contributed by atoms with E-state index in [4.69, 9.17) is 9.78 Å². The van der Waals surface area contributed by atoms with Crippen molar-refractivity contribution < 1.29 is 53.6 Å². The van der Waals surface area contributed by atoms with Gasteiger partial charge in [-0.25, -0.2) is 10.1 Å². The van der Waals surface area contributed by atoms with Crippen LogP contribution in [0.5, 0.6) is 0 Å². The minimum atomic E-state index is -1.79. The van der Waals surface area contributed by atoms with E-state index in [2.05, 4.69) is 20.8 Å². The second-order valence-corrected chi connectivity index (χ2v) is 2.80. The molecule has 0 aliphatic rings. The van der Waals surface area contributed by atoms with Gasteiger partial charge in [-0.2, -0.15) is 9.35 Å². The van der Waals surface area contributed by atoms with Crippen LogP contribution in [0.25, 0.3) is 0 Å². The molecule has 0 radical (unpaired) electrons. The van der Waals surface area contributed by atoms with Crippen LogP contribution in [0.3, 0.4) is 0 Å². The molecule has 0 aliphatic carbocycles. The molecule has 0 aliphatic heterocycles. The van der Waals surface area contributed by atoms with Crippen molar-refractivity contribution in [3.05, 3.63) is 12.7 Å². The van der Waals surface area contributed by atoms with Gasteiger partial charge in [0.15, 0.2) is 0 Å². The maximum Gasteiger partial charge on any atom is 1.00 e. The molecule has 0 saturated heterocycles. The maximum absolute atomic E-state index is 8.22. The third-order valence-electron chi connectivity index (χ3n) is 0.767. The minimum absolute atomic E-state index is 0. The molecule has 0 saturated carbocycles. The zero-order valence-electron chi connectivity index (χ0n) is 7.93. The quantitative estimate of drug-likeness (QED) is 0.146. The summed E-state index contributed by atoms with van der Waals surface area (Å²) < 4.78 is 13.3. The Bertz CT molecular complexity index is 115. The first kappa shape index (κ1) is 16.4. The Kier molecular flexibility index (Phi) is 16.4. The van der Waals surface area contributed by atoms with E-state index in [0.29, 0.717) is 6.61 Å². The van der Waals surface area contributed by atoms with Gasteiger partial charge in [0, 0.05) is 0 Å². The van der Waals surface area contributed by atoms with Crippen molar-refractivity contribution in [2.45, 2.75) is 13.3 Å². The summed E-state index contributed by atoms with van der Waals surface area (Å²) in [7, 11) is -1.79. The Morgan fingerprint density at radius 3 is 2.69 bits per heavy atom. The molecule has 1 N–H and O–H groups in total. The molecule has 0 heterocycles. The maximum atomic E-state index is 8.22. The molecule has 72 valence electrons. The SMILES string of the molecule is C=CCOOP(OO)OCCC.[Na+]. The fourth-order valence-electron chi connectivity index (χ4n) is 0.346. The third kappa shape index (κ3) is 10.9. The second-order valence-electron chi connectivity index (χ2n) is 1.79. The van der Waals surface area contributed by atoms with Gasteiger partial charge >= 0.3 is 38.2 Å². The van der Waals surface area contributed by atoms with E-state index >= 15 is 0 Å². The fraction of sp³-hybridized carbons (Fsp3) is 0.667. The van der Waals surface area contributed by atoms with Crippen LogP contribution < -0.4 is 29.6 Å². The van der Waals surface area contributed by atoms with Crippen LogP contribution in [0.15, 0.2) is 12.7 Å². The molecule has 0 aromatic carbocycles. The standard InChI is InChI=1S/C6H13O5P.Na/c1-3-5-8-11-12(10-7)9-6-4-2;/h3,7H,1,4-6H2,2H3;/q;+1. The van der Waals surface area contributed by atoms with Gasteiger partial charge in [0.25, 0.3) is 0 Å². The molecule has 1 atom stereocenters. The molecule has 5 nitrogen and oxygen atoms in total. The van der Waals surface area contributed by atoms with Gasteiger partial charge < -0.3 is 4.52 Å². The van der Waals surface area contributed by atoms with Gasteiger partial charge in [0.2, 0.25) is 0 Å². The van der Waals surface area contributed by atoms with Crippen LogP contribution in [-0.2, 0) is 18.8 Å². The largest absolute Gasteiger partial charge is 1.00 e. The Balaban J connectivity index is 0. The summed E-state index contributed by atoms with van der Waals surface area (Å²) >= 11 is 0. The Morgan fingerprint density at radius 2 is 2.23 bits per heavy atom. The van der Waals surface area contributed by atoms with E-state index in [1.54, 1.807) is 0 Å². The Hall–Kier alpha value is 0.970. The second kappa shape index (κ2) is 13.0. The molecule has 0 aromatic heterocycles. The predicted molar refractivity (Wildman–Crippen MR) is 44.1 cm³/mol. The van der Waals surface area contributed by atoms with E-state index in [-0.39, 0.29) is 36.2 Å². The van der Waals surface area contributed by atoms with Gasteiger partial charge in [-0.15, -0.1) is 6.58 Å². The van der Waals surface area contributed by atoms with Gasteiger partial charge in [0.1, 0.15) is 6.61 Å². The molecule has 0 bridgehead atoms. The minimum Gasteiger partial charge on any atom is -0.309 e. The van der Waals surface area contributed by atoms with Crippen LogP contribution in [0.1, 0.15) is 13.3 Å². The van der Waals surface area contributed by atoms with Crippen LogP contribution >= 0.6 is 8.60 Å². The summed E-state index contributed by atoms with van der Waals surface area (Å²) in [5, 5.41) is 8.22. The molecular weight excluding hydrogens is 206 g/mol. The summed E-state index contributed by atoms with van der Waals surface area (Å²) in [6, 6.07) is 0. The Labute approximate surface area is 101 Å². The van der Waals surface area contributed by atoms with Crippen LogP contribution in [0.2, 0.25) is 0 Å². The van der Waals surface area contributed by atoms with Crippen molar-refractivity contribution in [2.75, 3.05) is 13.2 Å². The van der Waals surface area contributed by atoms with Crippen LogP contribution in [0, 0.1) is 0 Å². The molecular formula is C6H13NaO5P+. The van der Waals surface area contributed by atoms with E-state index in [0.717, 1.165) is 6.42 Å². The van der Waals surface area contributed by atoms with Gasteiger partial charge in [-0.3, -0.25) is 0 Å². The van der Waals surface area contributed by atoms with E-state index in [9.17, 15) is 0 Å². The van der Waals surface area contributed by atoms with E-state index in [1.807, 2.05) is 6.92 Å². The topological polar surface area (TPSA) is 57.2 Å². The fourth-order valence-corrected chi connectivity index (χ4v) is 0.942. The van der Waals surface area contributed by atoms with Crippen molar-refractivity contribution in [2.24, 2.45) is 0 Å². The summed E-state index contributed by atoms with van der Waals surface area (Å²) in [5.74, 6) is 0. The molecule has 7 heteroatoms. The third-order valence-corrected chi connectivity index (χ3v) is 1.52. The number of hydrogen-bond donors (Lipinski definition) is 1. The first-order chi connectivity index (χ1) is 5.85. The monoisotopic (exact) mass is 219 g/mol. The van der Waals surface area contributed by atoms with Crippen molar-refractivity contribution in [3.63, 3.8) is 0 Å². The van der Waals surface area contributed by atoms with Gasteiger partial charge in [0.05, 0.1) is 6.61 Å². The number of hydrogen-bond acceptors (Lipinski definition) is 5. The summed E-state index contributed by atoms with van der Waals surface area (Å²) in [6.07, 6.45) is 2.32. The summed E-state index contributed by atoms with van der Waals surface area (Å²) in [5.41, 5.74) is 0. The summed E-state index contributed by atoms with van der Waals surface area (Å²) in [4.78, 5) is 4.53. The normalized spacial score (nSPS) is 11.8. The van der Waals surface area contributed by atoms with Crippen molar-refractivity contribution >= 4 is 8.60 Å². The first-order valence-electron chi connectivity index (χ1n) is 3.50.